The fourth-order valence-corrected chi connectivity index (χ4v) is 2.06. The number of rotatable bonds is 4. The second-order valence-corrected chi connectivity index (χ2v) is 4.95. The van der Waals surface area contributed by atoms with E-state index in [1.807, 2.05) is 66.7 Å². The van der Waals surface area contributed by atoms with Crippen LogP contribution in [0.15, 0.2) is 54.6 Å². The largest absolute Gasteiger partial charge is 0.285 e. The van der Waals surface area contributed by atoms with Gasteiger partial charge in [0.1, 0.15) is 0 Å². The Morgan fingerprint density at radius 1 is 1.00 bits per heavy atom. The zero-order valence-corrected chi connectivity index (χ0v) is 12.2. The Hall–Kier alpha value is -2.39. The summed E-state index contributed by atoms with van der Waals surface area (Å²) in [4.78, 5) is 11.1. The van der Waals surface area contributed by atoms with Gasteiger partial charge >= 0.3 is 0 Å². The lowest BCUT2D eigenvalue weighted by atomic mass is 10.0. The fourth-order valence-electron chi connectivity index (χ4n) is 2.06. The van der Waals surface area contributed by atoms with Gasteiger partial charge in [-0.15, -0.1) is 0 Å². The topological polar surface area (TPSA) is 40.5 Å². The molecule has 0 aromatic heterocycles. The number of hydrogen-bond acceptors (Lipinski definition) is 2. The van der Waals surface area contributed by atoms with Crippen molar-refractivity contribution in [2.24, 2.45) is 0 Å². The molecular weight excluding hydrogens is 262 g/mol. The first kappa shape index (κ1) is 15.0. The van der Waals surface area contributed by atoms with E-state index in [9.17, 15) is 10.0 Å². The normalized spacial score (nSPS) is 12.3. The molecule has 0 spiro atoms. The van der Waals surface area contributed by atoms with Crippen molar-refractivity contribution in [2.45, 2.75) is 19.9 Å². The summed E-state index contributed by atoms with van der Waals surface area (Å²) in [7, 11) is 0. The maximum absolute atomic E-state index is 11.1. The highest BCUT2D eigenvalue weighted by Gasteiger charge is 2.15. The zero-order chi connectivity index (χ0) is 15.2. The second-order valence-electron chi connectivity index (χ2n) is 4.95. The number of nitrogens with zero attached hydrogens (tertiary/aromatic N) is 1. The molecule has 0 aliphatic carbocycles. The van der Waals surface area contributed by atoms with Crippen LogP contribution >= 0.6 is 0 Å². The number of carbonyl (C=O) groups excluding carboxylic acids is 1. The van der Waals surface area contributed by atoms with Gasteiger partial charge in [0, 0.05) is 6.92 Å². The molecule has 2 aromatic carbocycles. The predicted octanol–water partition coefficient (Wildman–Crippen LogP) is 4.16. The van der Waals surface area contributed by atoms with Crippen LogP contribution in [-0.2, 0) is 4.79 Å². The Morgan fingerprint density at radius 3 is 2.05 bits per heavy atom. The number of hydrogen-bond donors (Lipinski definition) is 1. The van der Waals surface area contributed by atoms with Gasteiger partial charge in [0.2, 0.25) is 5.91 Å². The molecule has 1 unspecified atom stereocenters. The molecule has 3 nitrogen and oxygen atoms in total. The summed E-state index contributed by atoms with van der Waals surface area (Å²) in [5.74, 6) is -0.365. The van der Waals surface area contributed by atoms with E-state index in [1.165, 1.54) is 6.92 Å². The van der Waals surface area contributed by atoms with Gasteiger partial charge in [-0.25, -0.2) is 5.06 Å². The Labute approximate surface area is 125 Å². The minimum Gasteiger partial charge on any atom is -0.285 e. The Morgan fingerprint density at radius 2 is 1.52 bits per heavy atom. The fraction of sp³-hybridized carbons (Fsp3) is 0.167. The highest BCUT2D eigenvalue weighted by Crippen LogP contribution is 2.19. The molecule has 1 amide bonds. The first-order valence-corrected chi connectivity index (χ1v) is 6.89. The molecule has 0 aliphatic rings. The van der Waals surface area contributed by atoms with Crippen LogP contribution in [0.1, 0.15) is 36.6 Å². The zero-order valence-electron chi connectivity index (χ0n) is 12.2. The van der Waals surface area contributed by atoms with E-state index in [-0.39, 0.29) is 11.9 Å². The molecule has 0 bridgehead atoms. The third kappa shape index (κ3) is 4.04. The van der Waals surface area contributed by atoms with Gasteiger partial charge in [-0.05, 0) is 23.6 Å². The van der Waals surface area contributed by atoms with Crippen molar-refractivity contribution in [3.63, 3.8) is 0 Å². The van der Waals surface area contributed by atoms with Gasteiger partial charge in [-0.3, -0.25) is 10.0 Å². The SMILES string of the molecule is CC(=O)N(O)C(C)c1ccc(/C=C/c2ccccc2)cc1. The molecule has 2 aromatic rings. The molecule has 0 saturated carbocycles. The lowest BCUT2D eigenvalue weighted by molar-refractivity contribution is -0.172. The number of carbonyl (C=O) groups is 1. The lowest BCUT2D eigenvalue weighted by Gasteiger charge is -2.21. The van der Waals surface area contributed by atoms with Crippen LogP contribution in [0.5, 0.6) is 0 Å². The van der Waals surface area contributed by atoms with E-state index < -0.39 is 0 Å². The molecule has 2 rings (SSSR count). The van der Waals surface area contributed by atoms with Crippen LogP contribution in [0.3, 0.4) is 0 Å². The van der Waals surface area contributed by atoms with Gasteiger partial charge in [-0.2, -0.15) is 0 Å². The van der Waals surface area contributed by atoms with E-state index in [4.69, 9.17) is 0 Å². The van der Waals surface area contributed by atoms with Crippen LogP contribution < -0.4 is 0 Å². The molecule has 108 valence electrons. The van der Waals surface area contributed by atoms with E-state index in [0.717, 1.165) is 21.8 Å². The smallest absolute Gasteiger partial charge is 0.243 e. The van der Waals surface area contributed by atoms with E-state index in [1.54, 1.807) is 6.92 Å². The molecule has 1 atom stereocenters. The summed E-state index contributed by atoms with van der Waals surface area (Å²) in [6.45, 7) is 3.13. The van der Waals surface area contributed by atoms with Gasteiger partial charge in [0.25, 0.3) is 0 Å². The van der Waals surface area contributed by atoms with Gasteiger partial charge in [-0.1, -0.05) is 66.7 Å². The summed E-state index contributed by atoms with van der Waals surface area (Å²) in [6.07, 6.45) is 4.08. The van der Waals surface area contributed by atoms with Crippen molar-refractivity contribution in [3.8, 4) is 0 Å². The molecule has 0 radical (unpaired) electrons. The summed E-state index contributed by atoms with van der Waals surface area (Å²) in [5.41, 5.74) is 3.11. The van der Waals surface area contributed by atoms with Crippen LogP contribution in [-0.4, -0.2) is 16.2 Å². The van der Waals surface area contributed by atoms with Gasteiger partial charge < -0.3 is 0 Å². The molecule has 3 heteroatoms. The van der Waals surface area contributed by atoms with Crippen molar-refractivity contribution < 1.29 is 10.0 Å². The lowest BCUT2D eigenvalue weighted by Crippen LogP contribution is -2.27. The summed E-state index contributed by atoms with van der Waals surface area (Å²) in [6, 6.07) is 17.5. The van der Waals surface area contributed by atoms with Crippen molar-refractivity contribution >= 4 is 18.1 Å². The Kier molecular flexibility index (Phi) is 4.90. The van der Waals surface area contributed by atoms with Crippen molar-refractivity contribution in [3.05, 3.63) is 71.3 Å². The minimum atomic E-state index is -0.365. The van der Waals surface area contributed by atoms with Gasteiger partial charge in [0.05, 0.1) is 6.04 Å². The third-order valence-electron chi connectivity index (χ3n) is 3.38. The number of amides is 1. The average molecular weight is 281 g/mol. The van der Waals surface area contributed by atoms with Crippen molar-refractivity contribution in [1.82, 2.24) is 5.06 Å². The molecule has 0 heterocycles. The summed E-state index contributed by atoms with van der Waals surface area (Å²) in [5, 5.41) is 10.4. The predicted molar refractivity (Wildman–Crippen MR) is 84.5 cm³/mol. The van der Waals surface area contributed by atoms with Crippen LogP contribution in [0.4, 0.5) is 0 Å². The van der Waals surface area contributed by atoms with Gasteiger partial charge in [0.15, 0.2) is 0 Å². The molecule has 1 N–H and O–H groups in total. The second kappa shape index (κ2) is 6.86. The first-order valence-electron chi connectivity index (χ1n) is 6.89. The van der Waals surface area contributed by atoms with Crippen LogP contribution in [0.25, 0.3) is 12.2 Å². The third-order valence-corrected chi connectivity index (χ3v) is 3.38. The van der Waals surface area contributed by atoms with Crippen LogP contribution in [0, 0.1) is 0 Å². The van der Waals surface area contributed by atoms with Crippen LogP contribution in [0.2, 0.25) is 0 Å². The van der Waals surface area contributed by atoms with E-state index >= 15 is 0 Å². The summed E-state index contributed by atoms with van der Waals surface area (Å²) < 4.78 is 0. The van der Waals surface area contributed by atoms with E-state index in [2.05, 4.69) is 0 Å². The maximum atomic E-state index is 11.1. The minimum absolute atomic E-state index is 0.352. The number of hydroxylamine groups is 2. The average Bonchev–Trinajstić information content (AvgIpc) is 2.53. The standard InChI is InChI=1S/C18H19NO2/c1-14(19(21)15(2)20)18-12-10-17(11-13-18)9-8-16-6-4-3-5-7-16/h3-14,21H,1-2H3/b9-8+. The van der Waals surface area contributed by atoms with Crippen molar-refractivity contribution in [1.29, 1.82) is 0 Å². The molecule has 0 aliphatic heterocycles. The molecule has 0 saturated heterocycles. The van der Waals surface area contributed by atoms with E-state index in [0.29, 0.717) is 0 Å². The molecule has 0 fully saturated rings. The first-order chi connectivity index (χ1) is 10.1. The Bertz CT molecular complexity index is 617. The summed E-state index contributed by atoms with van der Waals surface area (Å²) >= 11 is 0. The Balaban J connectivity index is 2.09. The quantitative estimate of drug-likeness (QED) is 0.519. The monoisotopic (exact) mass is 281 g/mol. The highest BCUT2D eigenvalue weighted by molar-refractivity contribution is 5.72. The van der Waals surface area contributed by atoms with Crippen molar-refractivity contribution in [2.75, 3.05) is 0 Å². The number of benzene rings is 2. The maximum Gasteiger partial charge on any atom is 0.243 e. The highest BCUT2D eigenvalue weighted by atomic mass is 16.5. The molecular formula is C18H19NO2. The molecule has 21 heavy (non-hydrogen) atoms.